The van der Waals surface area contributed by atoms with Crippen molar-refractivity contribution < 1.29 is 28.1 Å². The number of allylic oxidation sites excluding steroid dienone is 1. The van der Waals surface area contributed by atoms with Gasteiger partial charge in [0.2, 0.25) is 5.75 Å². The fourth-order valence-electron chi connectivity index (χ4n) is 3.36. The Morgan fingerprint density at radius 1 is 0.914 bits per heavy atom. The summed E-state index contributed by atoms with van der Waals surface area (Å²) in [6.45, 7) is 6.66. The van der Waals surface area contributed by atoms with E-state index < -0.39 is 11.8 Å². The normalized spacial score (nSPS) is 10.9. The predicted molar refractivity (Wildman–Crippen MR) is 131 cm³/mol. The highest BCUT2D eigenvalue weighted by atomic mass is 19.1. The van der Waals surface area contributed by atoms with Gasteiger partial charge in [-0.3, -0.25) is 0 Å². The van der Waals surface area contributed by atoms with Gasteiger partial charge in [-0.15, -0.1) is 0 Å². The lowest BCUT2D eigenvalue weighted by Gasteiger charge is -2.16. The quantitative estimate of drug-likeness (QED) is 0.148. The third-order valence-corrected chi connectivity index (χ3v) is 4.81. The van der Waals surface area contributed by atoms with Gasteiger partial charge >= 0.3 is 5.97 Å². The van der Waals surface area contributed by atoms with Crippen molar-refractivity contribution in [2.75, 3.05) is 19.8 Å². The molecule has 6 nitrogen and oxygen atoms in total. The number of nitrogens with zero attached hydrogens (tertiary/aromatic N) is 1. The number of esters is 1. The molecule has 3 aromatic rings. The molecule has 3 rings (SSSR count). The van der Waals surface area contributed by atoms with E-state index in [9.17, 15) is 14.4 Å². The molecule has 0 unspecified atom stereocenters. The smallest absolute Gasteiger partial charge is 0.343 e. The molecule has 0 aromatic heterocycles. The fourth-order valence-corrected chi connectivity index (χ4v) is 3.36. The van der Waals surface area contributed by atoms with Crippen molar-refractivity contribution in [3.8, 4) is 29.1 Å². The lowest BCUT2D eigenvalue weighted by molar-refractivity contribution is 0.0733. The number of hydrogen-bond donors (Lipinski definition) is 0. The number of hydrogen-bond acceptors (Lipinski definition) is 6. The Hall–Kier alpha value is -4.31. The van der Waals surface area contributed by atoms with Crippen LogP contribution >= 0.6 is 0 Å². The highest BCUT2D eigenvalue weighted by molar-refractivity contribution is 5.93. The standard InChI is InChI=1S/C28H26FNO5/c1-4-32-25-16-20(17-26(33-5-2)27(25)34-6-3)28(31)35-22-11-9-10-19(15-22)14-21(18-30)23-12-7-8-13-24(23)29/h7-17H,4-6H2,1-3H3/b21-14-. The summed E-state index contributed by atoms with van der Waals surface area (Å²) >= 11 is 0. The average molecular weight is 476 g/mol. The molecule has 0 fully saturated rings. The van der Waals surface area contributed by atoms with E-state index in [0.29, 0.717) is 42.6 Å². The molecule has 7 heteroatoms. The summed E-state index contributed by atoms with van der Waals surface area (Å²) < 4.78 is 36.7. The SMILES string of the molecule is CCOc1cc(C(=O)Oc2cccc(/C=C(/C#N)c3ccccc3F)c2)cc(OCC)c1OCC. The molecule has 3 aromatic carbocycles. The monoisotopic (exact) mass is 475 g/mol. The highest BCUT2D eigenvalue weighted by Gasteiger charge is 2.20. The van der Waals surface area contributed by atoms with Gasteiger partial charge in [-0.25, -0.2) is 9.18 Å². The Morgan fingerprint density at radius 2 is 1.57 bits per heavy atom. The van der Waals surface area contributed by atoms with E-state index in [1.54, 1.807) is 48.5 Å². The summed E-state index contributed by atoms with van der Waals surface area (Å²) in [6, 6.07) is 17.8. The first-order chi connectivity index (χ1) is 17.0. The van der Waals surface area contributed by atoms with E-state index in [-0.39, 0.29) is 22.4 Å². The molecule has 35 heavy (non-hydrogen) atoms. The molecule has 0 radical (unpaired) electrons. The summed E-state index contributed by atoms with van der Waals surface area (Å²) in [5.74, 6) is 0.343. The second-order valence-corrected chi connectivity index (χ2v) is 7.21. The zero-order valence-electron chi connectivity index (χ0n) is 19.8. The van der Waals surface area contributed by atoms with Gasteiger partial charge in [0, 0.05) is 5.56 Å². The van der Waals surface area contributed by atoms with Gasteiger partial charge < -0.3 is 18.9 Å². The topological polar surface area (TPSA) is 77.8 Å². The van der Waals surface area contributed by atoms with Crippen LogP contribution in [0.5, 0.6) is 23.0 Å². The first-order valence-corrected chi connectivity index (χ1v) is 11.3. The maximum absolute atomic E-state index is 14.1. The Kier molecular flexibility index (Phi) is 8.85. The molecule has 0 heterocycles. The molecule has 180 valence electrons. The van der Waals surface area contributed by atoms with Crippen LogP contribution in [0.1, 0.15) is 42.3 Å². The minimum Gasteiger partial charge on any atom is -0.490 e. The van der Waals surface area contributed by atoms with E-state index in [4.69, 9.17) is 18.9 Å². The minimum absolute atomic E-state index is 0.154. The number of halogens is 1. The number of rotatable bonds is 10. The van der Waals surface area contributed by atoms with Crippen molar-refractivity contribution in [2.24, 2.45) is 0 Å². The van der Waals surface area contributed by atoms with Crippen LogP contribution in [0.25, 0.3) is 11.6 Å². The number of carbonyl (C=O) groups excluding carboxylic acids is 1. The summed E-state index contributed by atoms with van der Waals surface area (Å²) in [5.41, 5.74) is 1.15. The molecule has 0 saturated carbocycles. The molecule has 0 aliphatic heterocycles. The molecule has 0 aliphatic rings. The van der Waals surface area contributed by atoms with Crippen LogP contribution < -0.4 is 18.9 Å². The maximum atomic E-state index is 14.1. The van der Waals surface area contributed by atoms with Crippen LogP contribution in [0.2, 0.25) is 0 Å². The van der Waals surface area contributed by atoms with Crippen LogP contribution in [0.3, 0.4) is 0 Å². The first kappa shape index (κ1) is 25.3. The summed E-state index contributed by atoms with van der Waals surface area (Å²) in [5, 5.41) is 9.52. The van der Waals surface area contributed by atoms with E-state index in [1.807, 2.05) is 26.8 Å². The third-order valence-electron chi connectivity index (χ3n) is 4.81. The number of nitriles is 1. The van der Waals surface area contributed by atoms with Crippen molar-refractivity contribution in [3.63, 3.8) is 0 Å². The lowest BCUT2D eigenvalue weighted by atomic mass is 10.0. The first-order valence-electron chi connectivity index (χ1n) is 11.3. The predicted octanol–water partition coefficient (Wildman–Crippen LogP) is 6.31. The third kappa shape index (κ3) is 6.39. The summed E-state index contributed by atoms with van der Waals surface area (Å²) in [4.78, 5) is 13.0. The van der Waals surface area contributed by atoms with E-state index in [2.05, 4.69) is 0 Å². The number of benzene rings is 3. The summed E-state index contributed by atoms with van der Waals surface area (Å²) in [7, 11) is 0. The van der Waals surface area contributed by atoms with Gasteiger partial charge in [0.1, 0.15) is 11.6 Å². The molecule has 0 amide bonds. The van der Waals surface area contributed by atoms with Crippen LogP contribution in [-0.4, -0.2) is 25.8 Å². The van der Waals surface area contributed by atoms with Gasteiger partial charge in [-0.05, 0) is 62.7 Å². The molecule has 0 saturated heterocycles. The fraction of sp³-hybridized carbons (Fsp3) is 0.214. The van der Waals surface area contributed by atoms with Crippen LogP contribution in [-0.2, 0) is 0 Å². The van der Waals surface area contributed by atoms with Crippen molar-refractivity contribution in [1.29, 1.82) is 5.26 Å². The number of carbonyl (C=O) groups is 1. The van der Waals surface area contributed by atoms with Crippen molar-refractivity contribution >= 4 is 17.6 Å². The highest BCUT2D eigenvalue weighted by Crippen LogP contribution is 2.39. The van der Waals surface area contributed by atoms with Crippen LogP contribution in [0, 0.1) is 17.1 Å². The largest absolute Gasteiger partial charge is 0.490 e. The molecule has 0 spiro atoms. The van der Waals surface area contributed by atoms with Gasteiger partial charge in [-0.2, -0.15) is 5.26 Å². The van der Waals surface area contributed by atoms with Crippen LogP contribution in [0.4, 0.5) is 4.39 Å². The minimum atomic E-state index is -0.620. The molecular weight excluding hydrogens is 449 g/mol. The van der Waals surface area contributed by atoms with Crippen LogP contribution in [0.15, 0.2) is 60.7 Å². The van der Waals surface area contributed by atoms with Gasteiger partial charge in [0.25, 0.3) is 0 Å². The maximum Gasteiger partial charge on any atom is 0.343 e. The van der Waals surface area contributed by atoms with Gasteiger partial charge in [0.05, 0.1) is 37.0 Å². The molecule has 0 aliphatic carbocycles. The number of ether oxygens (including phenoxy) is 4. The Balaban J connectivity index is 1.90. The average Bonchev–Trinajstić information content (AvgIpc) is 2.85. The van der Waals surface area contributed by atoms with E-state index in [1.165, 1.54) is 18.2 Å². The second kappa shape index (κ2) is 12.2. The molecule has 0 bridgehead atoms. The Labute approximate surface area is 204 Å². The molecule has 0 atom stereocenters. The van der Waals surface area contributed by atoms with Gasteiger partial charge in [0.15, 0.2) is 11.5 Å². The van der Waals surface area contributed by atoms with E-state index in [0.717, 1.165) is 0 Å². The Bertz CT molecular complexity index is 1240. The summed E-state index contributed by atoms with van der Waals surface area (Å²) in [6.07, 6.45) is 1.53. The van der Waals surface area contributed by atoms with E-state index >= 15 is 0 Å². The zero-order chi connectivity index (χ0) is 25.2. The van der Waals surface area contributed by atoms with Crippen molar-refractivity contribution in [2.45, 2.75) is 20.8 Å². The second-order valence-electron chi connectivity index (χ2n) is 7.21. The lowest BCUT2D eigenvalue weighted by Crippen LogP contribution is -2.11. The van der Waals surface area contributed by atoms with Crippen molar-refractivity contribution in [1.82, 2.24) is 0 Å². The Morgan fingerprint density at radius 3 is 2.17 bits per heavy atom. The molecular formula is C28H26FNO5. The van der Waals surface area contributed by atoms with Gasteiger partial charge in [-0.1, -0.05) is 30.3 Å². The van der Waals surface area contributed by atoms with Crippen molar-refractivity contribution in [3.05, 3.63) is 83.2 Å². The molecule has 0 N–H and O–H groups in total. The zero-order valence-corrected chi connectivity index (χ0v) is 19.8.